The number of likely N-dealkylation sites (tertiary alicyclic amines) is 1. The van der Waals surface area contributed by atoms with Gasteiger partial charge >= 0.3 is 0 Å². The molecule has 3 atom stereocenters. The number of benzene rings is 1. The highest BCUT2D eigenvalue weighted by molar-refractivity contribution is 9.10. The van der Waals surface area contributed by atoms with E-state index in [0.717, 1.165) is 22.1 Å². The minimum Gasteiger partial charge on any atom is -0.335 e. The van der Waals surface area contributed by atoms with Gasteiger partial charge in [-0.05, 0) is 65.7 Å². The van der Waals surface area contributed by atoms with Crippen molar-refractivity contribution < 1.29 is 4.79 Å². The average molecular weight is 324 g/mol. The van der Waals surface area contributed by atoms with Crippen molar-refractivity contribution in [3.8, 4) is 0 Å². The van der Waals surface area contributed by atoms with Gasteiger partial charge < -0.3 is 4.90 Å². The van der Waals surface area contributed by atoms with Gasteiger partial charge in [0.25, 0.3) is 5.91 Å². The van der Waals surface area contributed by atoms with E-state index in [0.29, 0.717) is 17.9 Å². The lowest BCUT2D eigenvalue weighted by atomic mass is 9.85. The molecule has 2 nitrogen and oxygen atoms in total. The fraction of sp³-hybridized carbons (Fsp3) is 0.562. The molecule has 0 saturated carbocycles. The fourth-order valence-corrected chi connectivity index (χ4v) is 3.59. The number of hydrogen-bond acceptors (Lipinski definition) is 1. The molecule has 1 aliphatic rings. The minimum absolute atomic E-state index is 0.151. The van der Waals surface area contributed by atoms with Crippen LogP contribution in [0.5, 0.6) is 0 Å². The zero-order valence-electron chi connectivity index (χ0n) is 12.1. The Morgan fingerprint density at radius 3 is 2.63 bits per heavy atom. The number of carbonyl (C=O) groups excluding carboxylic acids is 1. The van der Waals surface area contributed by atoms with Crippen LogP contribution in [-0.4, -0.2) is 23.4 Å². The molecule has 3 heteroatoms. The summed E-state index contributed by atoms with van der Waals surface area (Å²) in [5, 5.41) is 0. The monoisotopic (exact) mass is 323 g/mol. The Balaban J connectivity index is 2.27. The Kier molecular flexibility index (Phi) is 4.34. The van der Waals surface area contributed by atoms with Crippen molar-refractivity contribution >= 4 is 21.8 Å². The van der Waals surface area contributed by atoms with Crippen molar-refractivity contribution in [2.45, 2.75) is 40.2 Å². The van der Waals surface area contributed by atoms with Crippen molar-refractivity contribution in [2.24, 2.45) is 11.8 Å². The van der Waals surface area contributed by atoms with Crippen molar-refractivity contribution in [1.29, 1.82) is 0 Å². The first kappa shape index (κ1) is 14.6. The van der Waals surface area contributed by atoms with E-state index in [1.165, 1.54) is 6.42 Å². The summed E-state index contributed by atoms with van der Waals surface area (Å²) in [5.74, 6) is 1.30. The van der Waals surface area contributed by atoms with Gasteiger partial charge in [-0.1, -0.05) is 19.9 Å². The summed E-state index contributed by atoms with van der Waals surface area (Å²) in [6, 6.07) is 6.25. The number of nitrogens with zero attached hydrogens (tertiary/aromatic N) is 1. The summed E-state index contributed by atoms with van der Waals surface area (Å²) in [6.07, 6.45) is 1.21. The van der Waals surface area contributed by atoms with Gasteiger partial charge in [0.05, 0.1) is 5.56 Å². The molecule has 0 radical (unpaired) electrons. The van der Waals surface area contributed by atoms with E-state index in [1.807, 2.05) is 30.0 Å². The molecule has 1 fully saturated rings. The lowest BCUT2D eigenvalue weighted by Crippen LogP contribution is -2.48. The molecule has 0 aliphatic carbocycles. The van der Waals surface area contributed by atoms with E-state index in [4.69, 9.17) is 0 Å². The maximum absolute atomic E-state index is 12.7. The van der Waals surface area contributed by atoms with Crippen LogP contribution >= 0.6 is 15.9 Å². The summed E-state index contributed by atoms with van der Waals surface area (Å²) in [4.78, 5) is 14.8. The van der Waals surface area contributed by atoms with Crippen LogP contribution in [-0.2, 0) is 0 Å². The quantitative estimate of drug-likeness (QED) is 0.756. The topological polar surface area (TPSA) is 20.3 Å². The van der Waals surface area contributed by atoms with Crippen LogP contribution in [0.3, 0.4) is 0 Å². The Labute approximate surface area is 124 Å². The highest BCUT2D eigenvalue weighted by atomic mass is 79.9. The van der Waals surface area contributed by atoms with E-state index in [-0.39, 0.29) is 5.91 Å². The third-order valence-corrected chi connectivity index (χ3v) is 4.87. The molecule has 19 heavy (non-hydrogen) atoms. The Hall–Kier alpha value is -0.830. The SMILES string of the molecule is Cc1ccc(C(=O)N2CC(C)CC(C)C2C)c(Br)c1. The molecular formula is C16H22BrNO. The molecule has 0 spiro atoms. The van der Waals surface area contributed by atoms with E-state index >= 15 is 0 Å². The highest BCUT2D eigenvalue weighted by Gasteiger charge is 2.32. The van der Waals surface area contributed by atoms with Gasteiger partial charge in [0.1, 0.15) is 0 Å². The van der Waals surface area contributed by atoms with E-state index in [2.05, 4.69) is 36.7 Å². The summed E-state index contributed by atoms with van der Waals surface area (Å²) in [5.41, 5.74) is 1.94. The largest absolute Gasteiger partial charge is 0.335 e. The standard InChI is InChI=1S/C16H22BrNO/c1-10-5-6-14(15(17)8-10)16(19)18-9-11(2)7-12(3)13(18)4/h5-6,8,11-13H,7,9H2,1-4H3. The zero-order chi connectivity index (χ0) is 14.2. The first-order chi connectivity index (χ1) is 8.90. The van der Waals surface area contributed by atoms with Crippen molar-refractivity contribution in [2.75, 3.05) is 6.54 Å². The van der Waals surface area contributed by atoms with Crippen LogP contribution in [0.25, 0.3) is 0 Å². The minimum atomic E-state index is 0.151. The number of piperidine rings is 1. The summed E-state index contributed by atoms with van der Waals surface area (Å²) < 4.78 is 0.899. The summed E-state index contributed by atoms with van der Waals surface area (Å²) in [7, 11) is 0. The van der Waals surface area contributed by atoms with Gasteiger partial charge in [0, 0.05) is 17.1 Å². The Bertz CT molecular complexity index is 486. The van der Waals surface area contributed by atoms with Crippen LogP contribution in [0.4, 0.5) is 0 Å². The lowest BCUT2D eigenvalue weighted by molar-refractivity contribution is 0.0455. The summed E-state index contributed by atoms with van der Waals surface area (Å²) in [6.45, 7) is 9.53. The van der Waals surface area contributed by atoms with Crippen LogP contribution in [0, 0.1) is 18.8 Å². The summed E-state index contributed by atoms with van der Waals surface area (Å²) >= 11 is 3.52. The molecule has 1 amide bonds. The molecule has 0 N–H and O–H groups in total. The van der Waals surface area contributed by atoms with Crippen LogP contribution in [0.15, 0.2) is 22.7 Å². The first-order valence-electron chi connectivity index (χ1n) is 6.97. The van der Waals surface area contributed by atoms with E-state index < -0.39 is 0 Å². The maximum atomic E-state index is 12.7. The molecule has 104 valence electrons. The molecule has 1 saturated heterocycles. The Morgan fingerprint density at radius 2 is 2.00 bits per heavy atom. The van der Waals surface area contributed by atoms with Gasteiger partial charge in [-0.3, -0.25) is 4.79 Å². The zero-order valence-corrected chi connectivity index (χ0v) is 13.7. The smallest absolute Gasteiger partial charge is 0.255 e. The molecule has 0 bridgehead atoms. The second-order valence-corrected chi connectivity index (χ2v) is 6.85. The van der Waals surface area contributed by atoms with Crippen molar-refractivity contribution in [3.63, 3.8) is 0 Å². The first-order valence-corrected chi connectivity index (χ1v) is 7.76. The number of carbonyl (C=O) groups is 1. The van der Waals surface area contributed by atoms with Crippen LogP contribution < -0.4 is 0 Å². The van der Waals surface area contributed by atoms with Gasteiger partial charge in [-0.15, -0.1) is 0 Å². The third-order valence-electron chi connectivity index (χ3n) is 4.21. The van der Waals surface area contributed by atoms with Crippen molar-refractivity contribution in [3.05, 3.63) is 33.8 Å². The maximum Gasteiger partial charge on any atom is 0.255 e. The van der Waals surface area contributed by atoms with E-state index in [9.17, 15) is 4.79 Å². The third kappa shape index (κ3) is 3.02. The lowest BCUT2D eigenvalue weighted by Gasteiger charge is -2.41. The molecule has 0 aromatic heterocycles. The van der Waals surface area contributed by atoms with E-state index in [1.54, 1.807) is 0 Å². The number of halogens is 1. The highest BCUT2D eigenvalue weighted by Crippen LogP contribution is 2.29. The number of rotatable bonds is 1. The second kappa shape index (κ2) is 5.66. The molecule has 1 aromatic rings. The molecule has 3 unspecified atom stereocenters. The Morgan fingerprint density at radius 1 is 1.32 bits per heavy atom. The average Bonchev–Trinajstić information content (AvgIpc) is 2.33. The van der Waals surface area contributed by atoms with Gasteiger partial charge in [0.2, 0.25) is 0 Å². The molecule has 1 heterocycles. The molecular weight excluding hydrogens is 302 g/mol. The van der Waals surface area contributed by atoms with Crippen LogP contribution in [0.2, 0.25) is 0 Å². The predicted molar refractivity (Wildman–Crippen MR) is 82.3 cm³/mol. The molecule has 1 aromatic carbocycles. The van der Waals surface area contributed by atoms with Gasteiger partial charge in [0.15, 0.2) is 0 Å². The number of aryl methyl sites for hydroxylation is 1. The normalized spacial score (nSPS) is 27.4. The molecule has 1 aliphatic heterocycles. The number of hydrogen-bond donors (Lipinski definition) is 0. The van der Waals surface area contributed by atoms with Gasteiger partial charge in [-0.2, -0.15) is 0 Å². The predicted octanol–water partition coefficient (Wildman–Crippen LogP) is 4.26. The second-order valence-electron chi connectivity index (χ2n) is 6.00. The fourth-order valence-electron chi connectivity index (χ4n) is 2.93. The van der Waals surface area contributed by atoms with Gasteiger partial charge in [-0.25, -0.2) is 0 Å². The van der Waals surface area contributed by atoms with Crippen LogP contribution in [0.1, 0.15) is 43.1 Å². The van der Waals surface area contributed by atoms with Crippen molar-refractivity contribution in [1.82, 2.24) is 4.90 Å². The number of amides is 1. The molecule has 2 rings (SSSR count).